The Balaban J connectivity index is 2.25. The number of hydrogen-bond donors (Lipinski definition) is 1. The maximum absolute atomic E-state index is 12.3. The summed E-state index contributed by atoms with van der Waals surface area (Å²) in [5, 5.41) is 8.87. The molecule has 1 heterocycles. The fourth-order valence-electron chi connectivity index (χ4n) is 2.14. The second-order valence-electron chi connectivity index (χ2n) is 5.15. The molecule has 134 valence electrons. The molecule has 0 atom stereocenters. The van der Waals surface area contributed by atoms with Crippen LogP contribution in [0.3, 0.4) is 0 Å². The highest BCUT2D eigenvalue weighted by atomic mass is 32.2. The zero-order chi connectivity index (χ0) is 18.4. The third kappa shape index (κ3) is 4.96. The van der Waals surface area contributed by atoms with Gasteiger partial charge in [-0.2, -0.15) is 0 Å². The van der Waals surface area contributed by atoms with Crippen molar-refractivity contribution in [2.45, 2.75) is 20.3 Å². The number of hydrogen-bond acceptors (Lipinski definition) is 6. The van der Waals surface area contributed by atoms with Crippen LogP contribution in [0.1, 0.15) is 25.8 Å². The number of carbonyl (C=O) groups excluding carboxylic acids is 1. The molecule has 6 nitrogen and oxygen atoms in total. The van der Waals surface area contributed by atoms with Crippen LogP contribution in [0.25, 0.3) is 6.08 Å². The molecule has 8 heteroatoms. The van der Waals surface area contributed by atoms with E-state index in [2.05, 4.69) is 0 Å². The van der Waals surface area contributed by atoms with Crippen molar-refractivity contribution in [3.05, 3.63) is 28.7 Å². The van der Waals surface area contributed by atoms with Crippen LogP contribution in [-0.4, -0.2) is 46.0 Å². The molecule has 1 fully saturated rings. The van der Waals surface area contributed by atoms with Gasteiger partial charge in [0.05, 0.1) is 18.1 Å². The molecule has 0 aromatic heterocycles. The Morgan fingerprint density at radius 2 is 2.08 bits per heavy atom. The number of ether oxygens (including phenoxy) is 2. The van der Waals surface area contributed by atoms with Gasteiger partial charge in [0.25, 0.3) is 5.91 Å². The lowest BCUT2D eigenvalue weighted by atomic mass is 10.2. The summed E-state index contributed by atoms with van der Waals surface area (Å²) in [4.78, 5) is 24.6. The summed E-state index contributed by atoms with van der Waals surface area (Å²) in [6.07, 6.45) is 2.56. The molecule has 1 saturated heterocycles. The molecule has 0 spiro atoms. The van der Waals surface area contributed by atoms with Gasteiger partial charge in [0, 0.05) is 0 Å². The number of rotatable bonds is 8. The van der Waals surface area contributed by atoms with Crippen molar-refractivity contribution >= 4 is 46.3 Å². The number of benzene rings is 1. The molecular weight excluding hydrogens is 362 g/mol. The first-order valence-electron chi connectivity index (χ1n) is 7.83. The van der Waals surface area contributed by atoms with Gasteiger partial charge in [0.1, 0.15) is 10.9 Å². The Morgan fingerprint density at radius 1 is 1.32 bits per heavy atom. The number of carboxylic acids is 1. The van der Waals surface area contributed by atoms with E-state index < -0.39 is 18.4 Å². The summed E-state index contributed by atoms with van der Waals surface area (Å²) in [6, 6.07) is 5.40. The number of carbonyl (C=O) groups is 2. The molecule has 2 rings (SSSR count). The first kappa shape index (κ1) is 19.3. The molecule has 1 N–H and O–H groups in total. The van der Waals surface area contributed by atoms with E-state index >= 15 is 0 Å². The minimum absolute atomic E-state index is 0.242. The summed E-state index contributed by atoms with van der Waals surface area (Å²) >= 11 is 6.17. The van der Waals surface area contributed by atoms with Crippen molar-refractivity contribution in [3.8, 4) is 11.5 Å². The highest BCUT2D eigenvalue weighted by Crippen LogP contribution is 2.34. The van der Waals surface area contributed by atoms with Crippen LogP contribution in [0.4, 0.5) is 0 Å². The van der Waals surface area contributed by atoms with Crippen LogP contribution in [-0.2, 0) is 9.59 Å². The van der Waals surface area contributed by atoms with E-state index in [0.717, 1.165) is 28.6 Å². The Hall–Kier alpha value is -2.06. The highest BCUT2D eigenvalue weighted by molar-refractivity contribution is 8.26. The fourth-order valence-corrected chi connectivity index (χ4v) is 3.39. The van der Waals surface area contributed by atoms with Gasteiger partial charge in [-0.15, -0.1) is 0 Å². The van der Waals surface area contributed by atoms with Gasteiger partial charge in [-0.1, -0.05) is 37.0 Å². The largest absolute Gasteiger partial charge is 0.490 e. The SMILES string of the molecule is CCCOc1ccc(C=C2SC(=S)N(CC(=O)O)C2=O)cc1OCC. The molecule has 1 aliphatic rings. The zero-order valence-corrected chi connectivity index (χ0v) is 15.6. The molecule has 1 aliphatic heterocycles. The number of carboxylic acid groups (broad SMARTS) is 1. The monoisotopic (exact) mass is 381 g/mol. The minimum Gasteiger partial charge on any atom is -0.490 e. The Morgan fingerprint density at radius 3 is 2.72 bits per heavy atom. The van der Waals surface area contributed by atoms with Gasteiger partial charge >= 0.3 is 5.97 Å². The topological polar surface area (TPSA) is 76.1 Å². The van der Waals surface area contributed by atoms with E-state index in [9.17, 15) is 9.59 Å². The quantitative estimate of drug-likeness (QED) is 0.547. The molecule has 1 amide bonds. The molecule has 0 bridgehead atoms. The third-order valence-electron chi connectivity index (χ3n) is 3.19. The van der Waals surface area contributed by atoms with Crippen molar-refractivity contribution < 1.29 is 24.2 Å². The summed E-state index contributed by atoms with van der Waals surface area (Å²) in [5.74, 6) is -0.250. The summed E-state index contributed by atoms with van der Waals surface area (Å²) in [5.41, 5.74) is 0.753. The van der Waals surface area contributed by atoms with Crippen LogP contribution in [0.15, 0.2) is 23.1 Å². The van der Waals surface area contributed by atoms with Crippen LogP contribution < -0.4 is 9.47 Å². The van der Waals surface area contributed by atoms with E-state index in [4.69, 9.17) is 26.8 Å². The maximum atomic E-state index is 12.3. The van der Waals surface area contributed by atoms with Crippen LogP contribution in [0.2, 0.25) is 0 Å². The van der Waals surface area contributed by atoms with Crippen molar-refractivity contribution in [2.24, 2.45) is 0 Å². The number of aliphatic carboxylic acids is 1. The lowest BCUT2D eigenvalue weighted by molar-refractivity contribution is -0.140. The van der Waals surface area contributed by atoms with E-state index in [-0.39, 0.29) is 4.32 Å². The lowest BCUT2D eigenvalue weighted by Crippen LogP contribution is -2.33. The number of amides is 1. The van der Waals surface area contributed by atoms with Crippen molar-refractivity contribution in [3.63, 3.8) is 0 Å². The van der Waals surface area contributed by atoms with E-state index in [1.54, 1.807) is 18.2 Å². The van der Waals surface area contributed by atoms with Gasteiger partial charge in [-0.3, -0.25) is 14.5 Å². The number of nitrogens with zero attached hydrogens (tertiary/aromatic N) is 1. The maximum Gasteiger partial charge on any atom is 0.323 e. The summed E-state index contributed by atoms with van der Waals surface area (Å²) < 4.78 is 11.5. The van der Waals surface area contributed by atoms with Gasteiger partial charge < -0.3 is 14.6 Å². The predicted octanol–water partition coefficient (Wildman–Crippen LogP) is 3.16. The first-order valence-corrected chi connectivity index (χ1v) is 9.05. The Bertz CT molecular complexity index is 717. The Kier molecular flexibility index (Phi) is 6.83. The van der Waals surface area contributed by atoms with Crippen LogP contribution in [0.5, 0.6) is 11.5 Å². The van der Waals surface area contributed by atoms with E-state index in [1.807, 2.05) is 19.9 Å². The predicted molar refractivity (Wildman–Crippen MR) is 101 cm³/mol. The zero-order valence-electron chi connectivity index (χ0n) is 14.0. The van der Waals surface area contributed by atoms with Crippen molar-refractivity contribution in [1.29, 1.82) is 0 Å². The molecule has 25 heavy (non-hydrogen) atoms. The normalized spacial score (nSPS) is 15.8. The molecule has 0 aliphatic carbocycles. The van der Waals surface area contributed by atoms with E-state index in [1.165, 1.54) is 0 Å². The highest BCUT2D eigenvalue weighted by Gasteiger charge is 2.33. The molecular formula is C17H19NO5S2. The van der Waals surface area contributed by atoms with Crippen molar-refractivity contribution in [2.75, 3.05) is 19.8 Å². The molecule has 1 aromatic rings. The second-order valence-corrected chi connectivity index (χ2v) is 6.83. The fraction of sp³-hybridized carbons (Fsp3) is 0.353. The lowest BCUT2D eigenvalue weighted by Gasteiger charge is -2.12. The minimum atomic E-state index is -1.10. The Labute approximate surface area is 155 Å². The average Bonchev–Trinajstić information content (AvgIpc) is 2.81. The average molecular weight is 381 g/mol. The number of thiocarbonyl (C=S) groups is 1. The molecule has 0 radical (unpaired) electrons. The molecule has 0 saturated carbocycles. The van der Waals surface area contributed by atoms with Gasteiger partial charge in [0.15, 0.2) is 11.5 Å². The van der Waals surface area contributed by atoms with Crippen LogP contribution in [0, 0.1) is 0 Å². The smallest absolute Gasteiger partial charge is 0.323 e. The summed E-state index contributed by atoms with van der Waals surface area (Å²) in [7, 11) is 0. The van der Waals surface area contributed by atoms with Crippen LogP contribution >= 0.6 is 24.0 Å². The third-order valence-corrected chi connectivity index (χ3v) is 4.57. The van der Waals surface area contributed by atoms with E-state index in [0.29, 0.717) is 29.6 Å². The van der Waals surface area contributed by atoms with Gasteiger partial charge in [0.2, 0.25) is 0 Å². The number of thioether (sulfide) groups is 1. The summed E-state index contributed by atoms with van der Waals surface area (Å²) in [6.45, 7) is 4.55. The molecule has 0 unspecified atom stereocenters. The van der Waals surface area contributed by atoms with Gasteiger partial charge in [-0.25, -0.2) is 0 Å². The standard InChI is InChI=1S/C17H19NO5S2/c1-3-7-23-12-6-5-11(8-13(12)22-4-2)9-14-16(21)18(10-15(19)20)17(24)25-14/h5-6,8-9H,3-4,7,10H2,1-2H3,(H,19,20). The second kappa shape index (κ2) is 8.87. The van der Waals surface area contributed by atoms with Crippen molar-refractivity contribution in [1.82, 2.24) is 4.90 Å². The molecule has 1 aromatic carbocycles. The first-order chi connectivity index (χ1) is 12.0. The van der Waals surface area contributed by atoms with Gasteiger partial charge in [-0.05, 0) is 37.1 Å².